The first-order chi connectivity index (χ1) is 11.5. The molecular formula is C19H32N4O. The molecule has 1 saturated heterocycles. The number of amides is 1. The minimum absolute atomic E-state index is 0.0820. The highest BCUT2D eigenvalue weighted by Crippen LogP contribution is 2.25. The Morgan fingerprint density at radius 3 is 2.58 bits per heavy atom. The summed E-state index contributed by atoms with van der Waals surface area (Å²) in [6.07, 6.45) is 8.07. The van der Waals surface area contributed by atoms with Crippen molar-refractivity contribution in [3.63, 3.8) is 0 Å². The van der Waals surface area contributed by atoms with E-state index in [0.717, 1.165) is 32.5 Å². The van der Waals surface area contributed by atoms with Crippen LogP contribution in [0.1, 0.15) is 39.5 Å². The van der Waals surface area contributed by atoms with E-state index in [1.807, 2.05) is 31.3 Å². The van der Waals surface area contributed by atoms with Gasteiger partial charge in [0.1, 0.15) is 0 Å². The number of rotatable bonds is 7. The summed E-state index contributed by atoms with van der Waals surface area (Å²) < 4.78 is 0. The molecular weight excluding hydrogens is 300 g/mol. The SMILES string of the molecule is CCC(C)C(N)C(=O)N(C)CCC1CCN(c2ccncc2)CC1. The third kappa shape index (κ3) is 4.94. The molecule has 2 rings (SSSR count). The van der Waals surface area contributed by atoms with Gasteiger partial charge in [0.25, 0.3) is 0 Å². The van der Waals surface area contributed by atoms with Gasteiger partial charge in [-0.25, -0.2) is 0 Å². The number of pyridine rings is 1. The molecule has 0 aliphatic carbocycles. The van der Waals surface area contributed by atoms with E-state index < -0.39 is 0 Å². The lowest BCUT2D eigenvalue weighted by Crippen LogP contribution is -2.46. The molecule has 5 heteroatoms. The van der Waals surface area contributed by atoms with Crippen LogP contribution in [-0.4, -0.2) is 48.5 Å². The third-order valence-corrected chi connectivity index (χ3v) is 5.43. The fourth-order valence-corrected chi connectivity index (χ4v) is 3.27. The largest absolute Gasteiger partial charge is 0.371 e. The van der Waals surface area contributed by atoms with Gasteiger partial charge in [-0.3, -0.25) is 9.78 Å². The van der Waals surface area contributed by atoms with Crippen LogP contribution < -0.4 is 10.6 Å². The third-order valence-electron chi connectivity index (χ3n) is 5.43. The van der Waals surface area contributed by atoms with Gasteiger partial charge in [-0.05, 0) is 43.2 Å². The van der Waals surface area contributed by atoms with Crippen LogP contribution in [-0.2, 0) is 4.79 Å². The molecule has 2 atom stereocenters. The summed E-state index contributed by atoms with van der Waals surface area (Å²) in [5.74, 6) is 1.01. The quantitative estimate of drug-likeness (QED) is 0.833. The molecule has 0 bridgehead atoms. The van der Waals surface area contributed by atoms with Crippen molar-refractivity contribution in [1.29, 1.82) is 0 Å². The predicted molar refractivity (Wildman–Crippen MR) is 98.9 cm³/mol. The molecule has 1 aromatic heterocycles. The van der Waals surface area contributed by atoms with Gasteiger partial charge >= 0.3 is 0 Å². The fourth-order valence-electron chi connectivity index (χ4n) is 3.27. The number of piperidine rings is 1. The van der Waals surface area contributed by atoms with Crippen LogP contribution in [0.2, 0.25) is 0 Å². The molecule has 24 heavy (non-hydrogen) atoms. The van der Waals surface area contributed by atoms with Crippen molar-refractivity contribution in [3.8, 4) is 0 Å². The highest BCUT2D eigenvalue weighted by molar-refractivity contribution is 5.81. The maximum atomic E-state index is 12.3. The normalized spacial score (nSPS) is 18.2. The summed E-state index contributed by atoms with van der Waals surface area (Å²) in [5, 5.41) is 0. The van der Waals surface area contributed by atoms with Gasteiger partial charge in [-0.1, -0.05) is 20.3 Å². The Morgan fingerprint density at radius 1 is 1.38 bits per heavy atom. The molecule has 5 nitrogen and oxygen atoms in total. The second kappa shape index (κ2) is 9.02. The number of carbonyl (C=O) groups is 1. The van der Waals surface area contributed by atoms with Crippen molar-refractivity contribution >= 4 is 11.6 Å². The first-order valence-corrected chi connectivity index (χ1v) is 9.18. The summed E-state index contributed by atoms with van der Waals surface area (Å²) >= 11 is 0. The van der Waals surface area contributed by atoms with Gasteiger partial charge < -0.3 is 15.5 Å². The number of hydrogen-bond acceptors (Lipinski definition) is 4. The van der Waals surface area contributed by atoms with E-state index in [0.29, 0.717) is 5.92 Å². The second-order valence-electron chi connectivity index (χ2n) is 7.10. The monoisotopic (exact) mass is 332 g/mol. The Balaban J connectivity index is 1.73. The van der Waals surface area contributed by atoms with Crippen molar-refractivity contribution in [3.05, 3.63) is 24.5 Å². The van der Waals surface area contributed by atoms with Crippen LogP contribution >= 0.6 is 0 Å². The van der Waals surface area contributed by atoms with Crippen LogP contribution in [0.5, 0.6) is 0 Å². The van der Waals surface area contributed by atoms with Crippen molar-refractivity contribution in [1.82, 2.24) is 9.88 Å². The van der Waals surface area contributed by atoms with E-state index in [1.165, 1.54) is 18.5 Å². The van der Waals surface area contributed by atoms with E-state index >= 15 is 0 Å². The number of aromatic nitrogens is 1. The molecule has 134 valence electrons. The van der Waals surface area contributed by atoms with Gasteiger partial charge in [0, 0.05) is 44.8 Å². The van der Waals surface area contributed by atoms with Crippen molar-refractivity contribution in [2.75, 3.05) is 31.6 Å². The second-order valence-corrected chi connectivity index (χ2v) is 7.10. The molecule has 2 N–H and O–H groups in total. The molecule has 1 aliphatic heterocycles. The Kier molecular flexibility index (Phi) is 7.03. The minimum Gasteiger partial charge on any atom is -0.371 e. The zero-order chi connectivity index (χ0) is 17.5. The molecule has 0 aromatic carbocycles. The molecule has 2 unspecified atom stereocenters. The molecule has 0 spiro atoms. The van der Waals surface area contributed by atoms with Gasteiger partial charge in [-0.15, -0.1) is 0 Å². The van der Waals surface area contributed by atoms with Gasteiger partial charge in [0.15, 0.2) is 0 Å². The lowest BCUT2D eigenvalue weighted by molar-refractivity contribution is -0.132. The first kappa shape index (κ1) is 18.7. The molecule has 1 aliphatic rings. The Hall–Kier alpha value is -1.62. The standard InChI is InChI=1S/C19H32N4O/c1-4-15(2)18(20)19(24)22(3)12-7-16-8-13-23(14-9-16)17-5-10-21-11-6-17/h5-6,10-11,15-16,18H,4,7-9,12-14,20H2,1-3H3. The highest BCUT2D eigenvalue weighted by Gasteiger charge is 2.24. The van der Waals surface area contributed by atoms with Crippen LogP contribution in [0, 0.1) is 11.8 Å². The van der Waals surface area contributed by atoms with Crippen LogP contribution in [0.15, 0.2) is 24.5 Å². The molecule has 1 amide bonds. The lowest BCUT2D eigenvalue weighted by atomic mass is 9.92. The smallest absolute Gasteiger partial charge is 0.239 e. The molecule has 0 radical (unpaired) electrons. The zero-order valence-corrected chi connectivity index (χ0v) is 15.3. The lowest BCUT2D eigenvalue weighted by Gasteiger charge is -2.34. The number of hydrogen-bond donors (Lipinski definition) is 1. The summed E-state index contributed by atoms with van der Waals surface area (Å²) in [5.41, 5.74) is 7.32. The predicted octanol–water partition coefficient (Wildman–Crippen LogP) is 2.52. The first-order valence-electron chi connectivity index (χ1n) is 9.18. The van der Waals surface area contributed by atoms with Crippen LogP contribution in [0.25, 0.3) is 0 Å². The molecule has 1 fully saturated rings. The Bertz CT molecular complexity index is 499. The van der Waals surface area contributed by atoms with Gasteiger partial charge in [0.2, 0.25) is 5.91 Å². The molecule has 1 aromatic rings. The van der Waals surface area contributed by atoms with Crippen LogP contribution in [0.3, 0.4) is 0 Å². The average molecular weight is 332 g/mol. The minimum atomic E-state index is -0.367. The Morgan fingerprint density at radius 2 is 2.00 bits per heavy atom. The van der Waals surface area contributed by atoms with E-state index in [-0.39, 0.29) is 17.9 Å². The molecule has 2 heterocycles. The number of carbonyl (C=O) groups excluding carboxylic acids is 1. The zero-order valence-electron chi connectivity index (χ0n) is 15.3. The maximum Gasteiger partial charge on any atom is 0.239 e. The summed E-state index contributed by atoms with van der Waals surface area (Å²) in [6, 6.07) is 3.78. The van der Waals surface area contributed by atoms with Crippen molar-refractivity contribution < 1.29 is 4.79 Å². The maximum absolute atomic E-state index is 12.3. The number of likely N-dealkylation sites (N-methyl/N-ethyl adjacent to an activating group) is 1. The summed E-state index contributed by atoms with van der Waals surface area (Å²) in [7, 11) is 1.89. The average Bonchev–Trinajstić information content (AvgIpc) is 2.65. The topological polar surface area (TPSA) is 62.5 Å². The van der Waals surface area contributed by atoms with Gasteiger partial charge in [-0.2, -0.15) is 0 Å². The number of nitrogens with two attached hydrogens (primary N) is 1. The van der Waals surface area contributed by atoms with Crippen molar-refractivity contribution in [2.45, 2.75) is 45.6 Å². The highest BCUT2D eigenvalue weighted by atomic mass is 16.2. The van der Waals surface area contributed by atoms with E-state index in [4.69, 9.17) is 5.73 Å². The fraction of sp³-hybridized carbons (Fsp3) is 0.684. The van der Waals surface area contributed by atoms with Gasteiger partial charge in [0.05, 0.1) is 6.04 Å². The summed E-state index contributed by atoms with van der Waals surface area (Å²) in [6.45, 7) is 7.10. The summed E-state index contributed by atoms with van der Waals surface area (Å²) in [4.78, 5) is 20.7. The molecule has 0 saturated carbocycles. The van der Waals surface area contributed by atoms with Crippen LogP contribution in [0.4, 0.5) is 5.69 Å². The number of anilines is 1. The number of nitrogens with zero attached hydrogens (tertiary/aromatic N) is 3. The van der Waals surface area contributed by atoms with E-state index in [1.54, 1.807) is 0 Å². The Labute approximate surface area is 146 Å². The van der Waals surface area contributed by atoms with E-state index in [2.05, 4.69) is 28.9 Å². The van der Waals surface area contributed by atoms with Crippen molar-refractivity contribution in [2.24, 2.45) is 17.6 Å². The van der Waals surface area contributed by atoms with E-state index in [9.17, 15) is 4.79 Å².